The minimum absolute atomic E-state index is 0.0271. The van der Waals surface area contributed by atoms with Crippen molar-refractivity contribution in [1.82, 2.24) is 24.6 Å². The van der Waals surface area contributed by atoms with Gasteiger partial charge >= 0.3 is 0 Å². The average Bonchev–Trinajstić information content (AvgIpc) is 3.44. The van der Waals surface area contributed by atoms with Crippen LogP contribution in [-0.2, 0) is 23.3 Å². The third-order valence-electron chi connectivity index (χ3n) is 10.0. The van der Waals surface area contributed by atoms with E-state index < -0.39 is 11.6 Å². The number of likely N-dealkylation sites (N-methyl/N-ethyl adjacent to an activating group) is 1. The van der Waals surface area contributed by atoms with Crippen molar-refractivity contribution in [3.63, 3.8) is 0 Å². The van der Waals surface area contributed by atoms with E-state index in [0.29, 0.717) is 30.0 Å². The predicted octanol–water partition coefficient (Wildman–Crippen LogP) is 6.71. The van der Waals surface area contributed by atoms with E-state index in [1.165, 1.54) is 28.5 Å². The van der Waals surface area contributed by atoms with Crippen LogP contribution in [0.3, 0.4) is 0 Å². The molecule has 0 radical (unpaired) electrons. The number of amides is 1. The van der Waals surface area contributed by atoms with Crippen LogP contribution < -0.4 is 4.74 Å². The van der Waals surface area contributed by atoms with Crippen LogP contribution in [0.5, 0.6) is 5.75 Å². The molecule has 0 saturated heterocycles. The fraction of sp³-hybridized carbons (Fsp3) is 0.324. The zero-order valence-corrected chi connectivity index (χ0v) is 27.6. The highest BCUT2D eigenvalue weighted by Crippen LogP contribution is 2.53. The molecule has 3 aromatic heterocycles. The molecule has 5 heterocycles. The first-order valence-corrected chi connectivity index (χ1v) is 17.1. The summed E-state index contributed by atoms with van der Waals surface area (Å²) in [7, 11) is 2.17. The number of carbonyl (C=O) groups is 1. The maximum absolute atomic E-state index is 16.1. The van der Waals surface area contributed by atoms with E-state index in [1.807, 2.05) is 29.1 Å². The molecular formula is C37H35F2N5O3S. The highest BCUT2D eigenvalue weighted by molar-refractivity contribution is 7.18. The molecule has 0 unspecified atom stereocenters. The van der Waals surface area contributed by atoms with Gasteiger partial charge in [-0.25, -0.2) is 13.8 Å². The van der Waals surface area contributed by atoms with E-state index in [-0.39, 0.29) is 41.9 Å². The molecule has 1 fully saturated rings. The van der Waals surface area contributed by atoms with Gasteiger partial charge < -0.3 is 19.6 Å². The number of thiophene rings is 1. The molecule has 1 saturated carbocycles. The number of rotatable bonds is 7. The lowest BCUT2D eigenvalue weighted by atomic mass is 9.85. The number of benzene rings is 2. The first-order chi connectivity index (χ1) is 23.2. The number of aliphatic hydroxyl groups excluding tert-OH is 1. The van der Waals surface area contributed by atoms with Crippen molar-refractivity contribution >= 4 is 27.3 Å². The number of hydrogen-bond acceptors (Lipinski definition) is 7. The molecule has 1 spiro atoms. The summed E-state index contributed by atoms with van der Waals surface area (Å²) in [6, 6.07) is 12.2. The Morgan fingerprint density at radius 2 is 1.98 bits per heavy atom. The Bertz CT molecular complexity index is 2120. The van der Waals surface area contributed by atoms with E-state index in [9.17, 15) is 14.3 Å². The van der Waals surface area contributed by atoms with Gasteiger partial charge in [0.2, 0.25) is 5.91 Å². The fourth-order valence-corrected chi connectivity index (χ4v) is 8.59. The van der Waals surface area contributed by atoms with Gasteiger partial charge in [-0.05, 0) is 67.6 Å². The van der Waals surface area contributed by atoms with Crippen molar-refractivity contribution in [1.29, 1.82) is 0 Å². The van der Waals surface area contributed by atoms with Crippen molar-refractivity contribution in [2.45, 2.75) is 44.3 Å². The summed E-state index contributed by atoms with van der Waals surface area (Å²) in [6.07, 6.45) is 3.63. The molecule has 246 valence electrons. The van der Waals surface area contributed by atoms with E-state index >= 15 is 4.39 Å². The summed E-state index contributed by atoms with van der Waals surface area (Å²) < 4.78 is 39.1. The summed E-state index contributed by atoms with van der Waals surface area (Å²) in [6.45, 7) is 8.00. The second-order valence-electron chi connectivity index (χ2n) is 13.1. The van der Waals surface area contributed by atoms with Crippen LogP contribution in [0.1, 0.15) is 42.6 Å². The van der Waals surface area contributed by atoms with Crippen LogP contribution in [-0.4, -0.2) is 68.9 Å². The molecule has 8 rings (SSSR count). The highest BCUT2D eigenvalue weighted by Gasteiger charge is 2.48. The molecule has 0 bridgehead atoms. The second-order valence-corrected chi connectivity index (χ2v) is 14.0. The van der Waals surface area contributed by atoms with Crippen LogP contribution >= 0.6 is 11.3 Å². The monoisotopic (exact) mass is 667 g/mol. The predicted molar refractivity (Wildman–Crippen MR) is 182 cm³/mol. The van der Waals surface area contributed by atoms with Crippen molar-refractivity contribution in [3.05, 3.63) is 89.0 Å². The third-order valence-corrected chi connectivity index (χ3v) is 10.9. The van der Waals surface area contributed by atoms with Crippen LogP contribution in [0.15, 0.2) is 60.5 Å². The molecule has 1 atom stereocenters. The fourth-order valence-electron chi connectivity index (χ4n) is 7.64. The number of halogens is 2. The van der Waals surface area contributed by atoms with Crippen LogP contribution in [0.4, 0.5) is 8.78 Å². The van der Waals surface area contributed by atoms with Gasteiger partial charge in [0.05, 0.1) is 36.1 Å². The van der Waals surface area contributed by atoms with Crippen molar-refractivity contribution in [2.75, 3.05) is 33.4 Å². The first-order valence-electron chi connectivity index (χ1n) is 16.2. The second kappa shape index (κ2) is 11.6. The lowest BCUT2D eigenvalue weighted by Gasteiger charge is -2.33. The Morgan fingerprint density at radius 1 is 1.15 bits per heavy atom. The number of aromatic nitrogens is 3. The molecule has 1 aliphatic carbocycles. The number of hydrogen-bond donors (Lipinski definition) is 1. The molecule has 48 heavy (non-hydrogen) atoms. The Hall–Kier alpha value is -4.45. The number of nitrogens with zero attached hydrogens (tertiary/aromatic N) is 5. The van der Waals surface area contributed by atoms with Crippen molar-refractivity contribution < 1.29 is 23.4 Å². The van der Waals surface area contributed by atoms with Crippen LogP contribution in [0.2, 0.25) is 0 Å². The van der Waals surface area contributed by atoms with Crippen molar-refractivity contribution in [3.8, 4) is 39.5 Å². The molecule has 1 amide bonds. The Balaban J connectivity index is 1.38. The molecular weight excluding hydrogens is 633 g/mol. The number of aliphatic hydroxyl groups is 1. The van der Waals surface area contributed by atoms with Gasteiger partial charge in [0.25, 0.3) is 0 Å². The Kier molecular flexibility index (Phi) is 7.46. The van der Waals surface area contributed by atoms with Gasteiger partial charge in [-0.3, -0.25) is 9.48 Å². The van der Waals surface area contributed by atoms with Gasteiger partial charge in [-0.1, -0.05) is 18.7 Å². The third kappa shape index (κ3) is 4.94. The molecule has 2 aliphatic heterocycles. The van der Waals surface area contributed by atoms with Crippen LogP contribution in [0, 0.1) is 11.6 Å². The first kappa shape index (κ1) is 30.9. The summed E-state index contributed by atoms with van der Waals surface area (Å²) in [5, 5.41) is 17.3. The SMILES string of the molecule is C=CC(=O)N1CCn2nc(-c3nc(-c4ccc5c(c4)C4(CC4)CN(C)C5)c4ccsc4c3-c3c(F)cc(F)cc3OCCO)cc2[C@H]1C. The maximum atomic E-state index is 16.1. The molecule has 2 aromatic carbocycles. The van der Waals surface area contributed by atoms with Gasteiger partial charge in [0, 0.05) is 58.4 Å². The van der Waals surface area contributed by atoms with Gasteiger partial charge in [0.15, 0.2) is 0 Å². The van der Waals surface area contributed by atoms with Crippen molar-refractivity contribution in [2.24, 2.45) is 0 Å². The van der Waals surface area contributed by atoms with E-state index in [0.717, 1.165) is 65.1 Å². The smallest absolute Gasteiger partial charge is 0.246 e. The van der Waals surface area contributed by atoms with E-state index in [4.69, 9.17) is 14.8 Å². The van der Waals surface area contributed by atoms with Crippen LogP contribution in [0.25, 0.3) is 43.9 Å². The number of pyridine rings is 1. The zero-order chi connectivity index (χ0) is 33.3. The zero-order valence-electron chi connectivity index (χ0n) is 26.8. The lowest BCUT2D eigenvalue weighted by molar-refractivity contribution is -0.129. The number of carbonyl (C=O) groups excluding carboxylic acids is 1. The largest absolute Gasteiger partial charge is 0.490 e. The molecule has 1 N–H and O–H groups in total. The summed E-state index contributed by atoms with van der Waals surface area (Å²) in [5.74, 6) is -1.78. The minimum atomic E-state index is -0.804. The normalized spacial score (nSPS) is 18.2. The molecule has 3 aliphatic rings. The van der Waals surface area contributed by atoms with Gasteiger partial charge in [0.1, 0.15) is 35.4 Å². The highest BCUT2D eigenvalue weighted by atomic mass is 32.1. The van der Waals surface area contributed by atoms with Gasteiger partial charge in [-0.2, -0.15) is 5.10 Å². The Morgan fingerprint density at radius 3 is 2.75 bits per heavy atom. The maximum Gasteiger partial charge on any atom is 0.246 e. The number of fused-ring (bicyclic) bond motifs is 4. The summed E-state index contributed by atoms with van der Waals surface area (Å²) >= 11 is 1.45. The summed E-state index contributed by atoms with van der Waals surface area (Å²) in [5.41, 5.74) is 6.83. The molecule has 8 nitrogen and oxygen atoms in total. The van der Waals surface area contributed by atoms with Gasteiger partial charge in [-0.15, -0.1) is 11.3 Å². The topological polar surface area (TPSA) is 83.7 Å². The average molecular weight is 668 g/mol. The molecule has 11 heteroatoms. The Labute approximate surface area is 280 Å². The minimum Gasteiger partial charge on any atom is -0.490 e. The lowest BCUT2D eigenvalue weighted by Crippen LogP contribution is -2.40. The van der Waals surface area contributed by atoms with E-state index in [1.54, 1.807) is 4.90 Å². The van der Waals surface area contributed by atoms with E-state index in [2.05, 4.69) is 36.7 Å². The standard InChI is InChI=1S/C37H35F2N5O3S/c1-4-31(46)43-10-11-44-29(21(43)2)18-28(41-44)35-33(32-27(39)16-24(38)17-30(32)47-13-12-45)36-25(7-14-48-36)34(40-35)22-5-6-23-19-42(3)20-37(8-9-37)26(23)15-22/h4-7,14-18,21,45H,1,8-13,19-20H2,2-3H3/t21-/m1/s1. The molecule has 5 aromatic rings. The number of ether oxygens (including phenoxy) is 1. The summed E-state index contributed by atoms with van der Waals surface area (Å²) in [4.78, 5) is 22.1. The quantitative estimate of drug-likeness (QED) is 0.194.